The van der Waals surface area contributed by atoms with E-state index in [0.29, 0.717) is 0 Å². The van der Waals surface area contributed by atoms with Gasteiger partial charge in [0.2, 0.25) is 0 Å². The molecule has 0 fully saturated rings. The van der Waals surface area contributed by atoms with E-state index in [4.69, 9.17) is 23.8 Å². The SMILES string of the molecule is C[Si](C)(C)C(=S)NCc1ccc(Cl)cc1. The molecule has 0 spiro atoms. The molecular formula is C11H16ClNSSi. The van der Waals surface area contributed by atoms with Gasteiger partial charge in [-0.1, -0.05) is 55.6 Å². The number of rotatable bonds is 3. The first-order valence-electron chi connectivity index (χ1n) is 4.92. The monoisotopic (exact) mass is 257 g/mol. The molecule has 15 heavy (non-hydrogen) atoms. The minimum atomic E-state index is -1.33. The lowest BCUT2D eigenvalue weighted by Crippen LogP contribution is -2.41. The van der Waals surface area contributed by atoms with E-state index in [0.717, 1.165) is 16.2 Å². The van der Waals surface area contributed by atoms with Crippen LogP contribution in [0.4, 0.5) is 0 Å². The van der Waals surface area contributed by atoms with Crippen LogP contribution in [0.1, 0.15) is 5.56 Å². The van der Waals surface area contributed by atoms with Gasteiger partial charge in [0.1, 0.15) is 8.07 Å². The Morgan fingerprint density at radius 1 is 1.27 bits per heavy atom. The van der Waals surface area contributed by atoms with Gasteiger partial charge in [-0.2, -0.15) is 0 Å². The summed E-state index contributed by atoms with van der Waals surface area (Å²) in [5.74, 6) is 0. The standard InChI is InChI=1S/C11H16ClNSSi/c1-15(2,3)11(14)13-8-9-4-6-10(12)7-5-9/h4-7H,8H2,1-3H3,(H,13,14). The molecule has 0 aromatic heterocycles. The van der Waals surface area contributed by atoms with Crippen molar-refractivity contribution in [3.8, 4) is 0 Å². The molecule has 1 rings (SSSR count). The highest BCUT2D eigenvalue weighted by atomic mass is 35.5. The molecule has 0 aliphatic rings. The van der Waals surface area contributed by atoms with Gasteiger partial charge in [-0.25, -0.2) is 0 Å². The molecule has 0 aliphatic heterocycles. The van der Waals surface area contributed by atoms with E-state index in [1.807, 2.05) is 24.3 Å². The van der Waals surface area contributed by atoms with Crippen molar-refractivity contribution in [1.82, 2.24) is 5.32 Å². The third kappa shape index (κ3) is 4.32. The number of hydrogen-bond donors (Lipinski definition) is 1. The number of hydrogen-bond acceptors (Lipinski definition) is 1. The summed E-state index contributed by atoms with van der Waals surface area (Å²) < 4.78 is 1.03. The van der Waals surface area contributed by atoms with E-state index in [1.54, 1.807) is 0 Å². The maximum atomic E-state index is 5.81. The van der Waals surface area contributed by atoms with Crippen molar-refractivity contribution in [1.29, 1.82) is 0 Å². The second-order valence-electron chi connectivity index (χ2n) is 4.56. The van der Waals surface area contributed by atoms with Crippen molar-refractivity contribution < 1.29 is 0 Å². The molecule has 82 valence electrons. The van der Waals surface area contributed by atoms with Gasteiger partial charge in [-0.05, 0) is 17.7 Å². The predicted molar refractivity (Wildman–Crippen MR) is 74.2 cm³/mol. The topological polar surface area (TPSA) is 12.0 Å². The summed E-state index contributed by atoms with van der Waals surface area (Å²) in [6, 6.07) is 7.83. The zero-order chi connectivity index (χ0) is 11.5. The highest BCUT2D eigenvalue weighted by molar-refractivity contribution is 7.84. The van der Waals surface area contributed by atoms with E-state index >= 15 is 0 Å². The Hall–Kier alpha value is -0.383. The van der Waals surface area contributed by atoms with Gasteiger partial charge in [0, 0.05) is 11.6 Å². The average Bonchev–Trinajstić information content (AvgIpc) is 2.15. The van der Waals surface area contributed by atoms with E-state index in [1.165, 1.54) is 5.56 Å². The molecule has 0 saturated carbocycles. The summed E-state index contributed by atoms with van der Waals surface area (Å²) in [7, 11) is -1.33. The van der Waals surface area contributed by atoms with Crippen LogP contribution < -0.4 is 5.32 Å². The molecule has 0 bridgehead atoms. The maximum absolute atomic E-state index is 5.81. The minimum absolute atomic E-state index is 0.770. The second-order valence-corrected chi connectivity index (χ2v) is 10.8. The number of thiocarbonyl (C=S) groups is 1. The quantitative estimate of drug-likeness (QED) is 0.656. The van der Waals surface area contributed by atoms with Gasteiger partial charge in [0.05, 0.1) is 4.61 Å². The molecule has 4 heteroatoms. The van der Waals surface area contributed by atoms with Gasteiger partial charge in [0.25, 0.3) is 0 Å². The molecule has 1 N–H and O–H groups in total. The number of halogens is 1. The zero-order valence-corrected chi connectivity index (χ0v) is 11.9. The van der Waals surface area contributed by atoms with Crippen LogP contribution in [-0.4, -0.2) is 12.7 Å². The first kappa shape index (κ1) is 12.7. The molecule has 0 unspecified atom stereocenters. The van der Waals surface area contributed by atoms with Gasteiger partial charge in [-0.3, -0.25) is 0 Å². The van der Waals surface area contributed by atoms with E-state index in [9.17, 15) is 0 Å². The number of benzene rings is 1. The first-order chi connectivity index (χ1) is 6.89. The smallest absolute Gasteiger partial charge is 0.112 e. The Morgan fingerprint density at radius 3 is 2.27 bits per heavy atom. The Morgan fingerprint density at radius 2 is 1.80 bits per heavy atom. The van der Waals surface area contributed by atoms with E-state index in [2.05, 4.69) is 25.0 Å². The van der Waals surface area contributed by atoms with Crippen LogP contribution in [0.15, 0.2) is 24.3 Å². The third-order valence-corrected chi connectivity index (χ3v) is 5.82. The second kappa shape index (κ2) is 5.10. The lowest BCUT2D eigenvalue weighted by atomic mass is 10.2. The molecular weight excluding hydrogens is 242 g/mol. The van der Waals surface area contributed by atoms with E-state index < -0.39 is 8.07 Å². The molecule has 0 atom stereocenters. The Kier molecular flexibility index (Phi) is 4.31. The van der Waals surface area contributed by atoms with Gasteiger partial charge < -0.3 is 5.32 Å². The normalized spacial score (nSPS) is 11.2. The third-order valence-electron chi connectivity index (χ3n) is 2.05. The van der Waals surface area contributed by atoms with Crippen LogP contribution in [0.25, 0.3) is 0 Å². The van der Waals surface area contributed by atoms with Crippen molar-refractivity contribution in [2.24, 2.45) is 0 Å². The molecule has 0 radical (unpaired) electrons. The van der Waals surface area contributed by atoms with Crippen molar-refractivity contribution >= 4 is 36.5 Å². The van der Waals surface area contributed by atoms with Gasteiger partial charge >= 0.3 is 0 Å². The van der Waals surface area contributed by atoms with Gasteiger partial charge in [0.15, 0.2) is 0 Å². The largest absolute Gasteiger partial charge is 0.379 e. The lowest BCUT2D eigenvalue weighted by molar-refractivity contribution is 0.935. The first-order valence-corrected chi connectivity index (χ1v) is 9.21. The Balaban J connectivity index is 2.51. The average molecular weight is 258 g/mol. The van der Waals surface area contributed by atoms with E-state index in [-0.39, 0.29) is 0 Å². The highest BCUT2D eigenvalue weighted by Crippen LogP contribution is 2.10. The fraction of sp³-hybridized carbons (Fsp3) is 0.364. The Labute approximate surface area is 103 Å². The van der Waals surface area contributed by atoms with Crippen molar-refractivity contribution in [2.75, 3.05) is 0 Å². The van der Waals surface area contributed by atoms with Crippen LogP contribution in [0.3, 0.4) is 0 Å². The minimum Gasteiger partial charge on any atom is -0.379 e. The lowest BCUT2D eigenvalue weighted by Gasteiger charge is -2.19. The Bertz CT molecular complexity index is 343. The molecule has 0 saturated heterocycles. The van der Waals surface area contributed by atoms with Crippen LogP contribution in [-0.2, 0) is 6.54 Å². The summed E-state index contributed by atoms with van der Waals surface area (Å²) in [5.41, 5.74) is 1.21. The van der Waals surface area contributed by atoms with Crippen molar-refractivity contribution in [2.45, 2.75) is 26.2 Å². The molecule has 1 aromatic carbocycles. The van der Waals surface area contributed by atoms with Crippen LogP contribution in [0, 0.1) is 0 Å². The zero-order valence-electron chi connectivity index (χ0n) is 9.30. The van der Waals surface area contributed by atoms with Crippen LogP contribution >= 0.6 is 23.8 Å². The number of nitrogens with one attached hydrogen (secondary N) is 1. The van der Waals surface area contributed by atoms with Crippen molar-refractivity contribution in [3.05, 3.63) is 34.9 Å². The molecule has 0 heterocycles. The summed E-state index contributed by atoms with van der Waals surface area (Å²) in [6.07, 6.45) is 0. The molecule has 0 aliphatic carbocycles. The van der Waals surface area contributed by atoms with Crippen LogP contribution in [0.2, 0.25) is 24.7 Å². The molecule has 0 amide bonds. The van der Waals surface area contributed by atoms with Gasteiger partial charge in [-0.15, -0.1) is 0 Å². The van der Waals surface area contributed by atoms with Crippen LogP contribution in [0.5, 0.6) is 0 Å². The summed E-state index contributed by atoms with van der Waals surface area (Å²) in [4.78, 5) is 0. The fourth-order valence-electron chi connectivity index (χ4n) is 1.05. The summed E-state index contributed by atoms with van der Waals surface area (Å²) in [6.45, 7) is 7.51. The highest BCUT2D eigenvalue weighted by Gasteiger charge is 2.19. The predicted octanol–water partition coefficient (Wildman–Crippen LogP) is 3.63. The summed E-state index contributed by atoms with van der Waals surface area (Å²) >= 11 is 11.1. The molecule has 1 nitrogen and oxygen atoms in total. The van der Waals surface area contributed by atoms with Crippen molar-refractivity contribution in [3.63, 3.8) is 0 Å². The fourth-order valence-corrected chi connectivity index (χ4v) is 1.87. The maximum Gasteiger partial charge on any atom is 0.112 e. The molecule has 1 aromatic rings. The summed E-state index contributed by atoms with van der Waals surface area (Å²) in [5, 5.41) is 4.08.